The Morgan fingerprint density at radius 1 is 1.15 bits per heavy atom. The van der Waals surface area contributed by atoms with E-state index in [1.54, 1.807) is 6.07 Å². The molecular formula is C26H22F2N6O4S. The van der Waals surface area contributed by atoms with Crippen molar-refractivity contribution in [3.8, 4) is 40.3 Å². The van der Waals surface area contributed by atoms with Crippen molar-refractivity contribution < 1.29 is 23.0 Å². The number of carbonyl (C=O) groups is 1. The van der Waals surface area contributed by atoms with Crippen LogP contribution >= 0.6 is 11.8 Å². The molecular weight excluding hydrogens is 530 g/mol. The summed E-state index contributed by atoms with van der Waals surface area (Å²) in [6, 6.07) is 5.67. The molecule has 3 aromatic rings. The molecule has 0 aromatic carbocycles. The van der Waals surface area contributed by atoms with Crippen LogP contribution in [0.1, 0.15) is 35.3 Å². The van der Waals surface area contributed by atoms with E-state index in [1.807, 2.05) is 0 Å². The molecule has 1 atom stereocenters. The minimum absolute atomic E-state index is 0.0372. The first-order chi connectivity index (χ1) is 18.9. The van der Waals surface area contributed by atoms with Gasteiger partial charge in [0.05, 0.1) is 26.0 Å². The monoisotopic (exact) mass is 552 g/mol. The number of aromatic nitrogens is 3. The fourth-order valence-corrected chi connectivity index (χ4v) is 4.44. The first-order valence-corrected chi connectivity index (χ1v) is 12.7. The third-order valence-corrected chi connectivity index (χ3v) is 6.74. The van der Waals surface area contributed by atoms with Gasteiger partial charge in [0, 0.05) is 29.4 Å². The SMILES string of the molecule is COc1cnc(C(F)F)cc1-c1cc(-n2cccc(OC)c2=O)ncc1C(=O)NC1=NNC(C#CC2CC2)S1. The molecule has 39 heavy (non-hydrogen) atoms. The molecule has 2 aliphatic rings. The summed E-state index contributed by atoms with van der Waals surface area (Å²) < 4.78 is 38.8. The van der Waals surface area contributed by atoms with Crippen molar-refractivity contribution in [1.29, 1.82) is 0 Å². The maximum atomic E-state index is 13.6. The zero-order valence-electron chi connectivity index (χ0n) is 20.8. The largest absolute Gasteiger partial charge is 0.494 e. The number of halogens is 2. The Balaban J connectivity index is 1.55. The van der Waals surface area contributed by atoms with E-state index >= 15 is 0 Å². The topological polar surface area (TPSA) is 120 Å². The van der Waals surface area contributed by atoms with Crippen molar-refractivity contribution in [2.45, 2.75) is 24.6 Å². The lowest BCUT2D eigenvalue weighted by atomic mass is 10.00. The van der Waals surface area contributed by atoms with E-state index in [0.29, 0.717) is 11.1 Å². The van der Waals surface area contributed by atoms with Gasteiger partial charge in [-0.3, -0.25) is 29.9 Å². The average molecular weight is 553 g/mol. The molecule has 2 N–H and O–H groups in total. The number of ether oxygens (including phenoxy) is 2. The zero-order chi connectivity index (χ0) is 27.5. The van der Waals surface area contributed by atoms with Crippen LogP contribution in [0, 0.1) is 17.8 Å². The van der Waals surface area contributed by atoms with E-state index in [1.165, 1.54) is 55.1 Å². The van der Waals surface area contributed by atoms with Crippen LogP contribution in [0.3, 0.4) is 0 Å². The van der Waals surface area contributed by atoms with Crippen LogP contribution in [0.2, 0.25) is 0 Å². The molecule has 4 heterocycles. The number of amides is 1. The summed E-state index contributed by atoms with van der Waals surface area (Å²) in [7, 11) is 2.72. The van der Waals surface area contributed by atoms with Crippen molar-refractivity contribution in [2.24, 2.45) is 11.0 Å². The van der Waals surface area contributed by atoms with Crippen LogP contribution in [0.4, 0.5) is 8.78 Å². The van der Waals surface area contributed by atoms with Crippen molar-refractivity contribution in [2.75, 3.05) is 14.2 Å². The minimum Gasteiger partial charge on any atom is -0.494 e. The van der Waals surface area contributed by atoms with Crippen LogP contribution in [0.25, 0.3) is 16.9 Å². The molecule has 1 saturated carbocycles. The molecule has 1 unspecified atom stereocenters. The van der Waals surface area contributed by atoms with Gasteiger partial charge in [0.15, 0.2) is 16.3 Å². The van der Waals surface area contributed by atoms with Gasteiger partial charge in [-0.2, -0.15) is 5.10 Å². The first-order valence-electron chi connectivity index (χ1n) is 11.8. The normalized spacial score (nSPS) is 16.1. The molecule has 0 saturated heterocycles. The standard InChI is InChI=1S/C26H22F2N6O4S/c1-37-19-4-3-9-34(25(19)36)21-11-15(16-10-18(23(27)28)29-13-20(16)38-2)17(12-30-21)24(35)31-26-33-32-22(39-26)8-7-14-5-6-14/h3-4,9-14,22-23,32H,5-6H2,1-2H3,(H,31,33,35). The lowest BCUT2D eigenvalue weighted by Crippen LogP contribution is -2.28. The summed E-state index contributed by atoms with van der Waals surface area (Å²) in [6.45, 7) is 0. The molecule has 0 bridgehead atoms. The second-order valence-corrected chi connectivity index (χ2v) is 9.60. The molecule has 1 aliphatic carbocycles. The lowest BCUT2D eigenvalue weighted by Gasteiger charge is -2.16. The number of carbonyl (C=O) groups excluding carboxylic acids is 1. The van der Waals surface area contributed by atoms with Gasteiger partial charge < -0.3 is 9.47 Å². The molecule has 0 spiro atoms. The van der Waals surface area contributed by atoms with Crippen LogP contribution in [0.5, 0.6) is 11.5 Å². The highest BCUT2D eigenvalue weighted by atomic mass is 32.2. The van der Waals surface area contributed by atoms with Crippen LogP contribution in [0.15, 0.2) is 52.8 Å². The molecule has 10 nitrogen and oxygen atoms in total. The minimum atomic E-state index is -2.86. The van der Waals surface area contributed by atoms with Gasteiger partial charge in [0.2, 0.25) is 0 Å². The molecule has 1 fully saturated rings. The van der Waals surface area contributed by atoms with Crippen molar-refractivity contribution in [3.05, 3.63) is 64.5 Å². The second-order valence-electron chi connectivity index (χ2n) is 8.51. The molecule has 3 aromatic heterocycles. The molecule has 1 aliphatic heterocycles. The Bertz CT molecular complexity index is 1580. The molecule has 5 rings (SSSR count). The van der Waals surface area contributed by atoms with E-state index in [0.717, 1.165) is 25.1 Å². The van der Waals surface area contributed by atoms with Crippen LogP contribution in [-0.4, -0.2) is 45.2 Å². The number of alkyl halides is 2. The van der Waals surface area contributed by atoms with Gasteiger partial charge in [-0.25, -0.2) is 13.8 Å². The number of thioether (sulfide) groups is 1. The van der Waals surface area contributed by atoms with E-state index in [4.69, 9.17) is 9.47 Å². The fourth-order valence-electron chi connectivity index (χ4n) is 3.73. The van der Waals surface area contributed by atoms with Gasteiger partial charge in [0.1, 0.15) is 17.3 Å². The summed E-state index contributed by atoms with van der Waals surface area (Å²) in [5, 5.41) is 6.84. The number of hydrogen-bond acceptors (Lipinski definition) is 9. The van der Waals surface area contributed by atoms with Gasteiger partial charge in [-0.15, -0.1) is 0 Å². The number of pyridine rings is 3. The average Bonchev–Trinajstić information content (AvgIpc) is 3.68. The maximum absolute atomic E-state index is 13.6. The van der Waals surface area contributed by atoms with E-state index in [2.05, 4.69) is 37.7 Å². The maximum Gasteiger partial charge on any atom is 0.298 e. The van der Waals surface area contributed by atoms with E-state index < -0.39 is 23.6 Å². The first kappa shape index (κ1) is 26.2. The number of hydrogen-bond donors (Lipinski definition) is 2. The highest BCUT2D eigenvalue weighted by molar-refractivity contribution is 8.14. The number of hydrazone groups is 1. The van der Waals surface area contributed by atoms with Gasteiger partial charge in [0.25, 0.3) is 17.9 Å². The van der Waals surface area contributed by atoms with Crippen molar-refractivity contribution in [3.63, 3.8) is 0 Å². The molecule has 13 heteroatoms. The molecule has 0 radical (unpaired) electrons. The Morgan fingerprint density at radius 2 is 1.95 bits per heavy atom. The highest BCUT2D eigenvalue weighted by Crippen LogP contribution is 2.35. The second kappa shape index (κ2) is 11.1. The predicted molar refractivity (Wildman–Crippen MR) is 141 cm³/mol. The number of nitrogens with one attached hydrogen (secondary N) is 2. The Labute approximate surface area is 225 Å². The quantitative estimate of drug-likeness (QED) is 0.447. The van der Waals surface area contributed by atoms with Crippen molar-refractivity contribution >= 4 is 22.8 Å². The number of methoxy groups -OCH3 is 2. The number of nitrogens with zero attached hydrogens (tertiary/aromatic N) is 4. The summed E-state index contributed by atoms with van der Waals surface area (Å²) >= 11 is 1.24. The Morgan fingerprint density at radius 3 is 2.67 bits per heavy atom. The smallest absolute Gasteiger partial charge is 0.298 e. The highest BCUT2D eigenvalue weighted by Gasteiger charge is 2.25. The Kier molecular flexibility index (Phi) is 7.47. The zero-order valence-corrected chi connectivity index (χ0v) is 21.6. The molecule has 1 amide bonds. The summed E-state index contributed by atoms with van der Waals surface area (Å²) in [4.78, 5) is 34.3. The summed E-state index contributed by atoms with van der Waals surface area (Å²) in [6.07, 6.45) is 3.20. The summed E-state index contributed by atoms with van der Waals surface area (Å²) in [5.41, 5.74) is 2.26. The number of amidine groups is 1. The molecule has 200 valence electrons. The van der Waals surface area contributed by atoms with E-state index in [-0.39, 0.29) is 39.4 Å². The van der Waals surface area contributed by atoms with Crippen LogP contribution in [-0.2, 0) is 0 Å². The van der Waals surface area contributed by atoms with Gasteiger partial charge >= 0.3 is 0 Å². The van der Waals surface area contributed by atoms with E-state index in [9.17, 15) is 18.4 Å². The third-order valence-electron chi connectivity index (χ3n) is 5.86. The predicted octanol–water partition coefficient (Wildman–Crippen LogP) is 3.33. The van der Waals surface area contributed by atoms with Gasteiger partial charge in [-0.1, -0.05) is 11.8 Å². The summed E-state index contributed by atoms with van der Waals surface area (Å²) in [5.74, 6) is 6.41. The third kappa shape index (κ3) is 5.70. The van der Waals surface area contributed by atoms with Crippen molar-refractivity contribution in [1.82, 2.24) is 25.3 Å². The Hall–Kier alpha value is -4.44. The lowest BCUT2D eigenvalue weighted by molar-refractivity contribution is 0.0978. The van der Waals surface area contributed by atoms with Gasteiger partial charge in [-0.05, 0) is 48.9 Å². The van der Waals surface area contributed by atoms with Crippen LogP contribution < -0.4 is 25.8 Å². The fraction of sp³-hybridized carbons (Fsp3) is 0.269. The number of rotatable bonds is 6.